The summed E-state index contributed by atoms with van der Waals surface area (Å²) in [6.07, 6.45) is 5.09. The van der Waals surface area contributed by atoms with Gasteiger partial charge in [-0.25, -0.2) is 0 Å². The molecule has 0 aliphatic carbocycles. The highest BCUT2D eigenvalue weighted by Gasteiger charge is 2.26. The molecule has 1 aromatic rings. The topological polar surface area (TPSA) is 15.3 Å². The van der Waals surface area contributed by atoms with E-state index in [1.807, 2.05) is 0 Å². The maximum Gasteiger partial charge on any atom is 0.0417 e. The molecule has 2 rings (SSSR count). The van der Waals surface area contributed by atoms with Gasteiger partial charge in [0.05, 0.1) is 0 Å². The zero-order valence-electron chi connectivity index (χ0n) is 12.7. The number of nitrogens with one attached hydrogen (secondary N) is 1. The number of para-hydroxylation sites is 1. The molecule has 1 fully saturated rings. The van der Waals surface area contributed by atoms with E-state index in [2.05, 4.69) is 55.3 Å². The van der Waals surface area contributed by atoms with Gasteiger partial charge in [-0.3, -0.25) is 0 Å². The lowest BCUT2D eigenvalue weighted by atomic mass is 10.0. The number of anilines is 1. The fourth-order valence-corrected chi connectivity index (χ4v) is 3.34. The normalized spacial score (nSPS) is 20.8. The van der Waals surface area contributed by atoms with Crippen molar-refractivity contribution in [3.8, 4) is 0 Å². The molecular weight excluding hydrogens is 232 g/mol. The van der Waals surface area contributed by atoms with E-state index in [-0.39, 0.29) is 0 Å². The van der Waals surface area contributed by atoms with Crippen molar-refractivity contribution in [1.82, 2.24) is 5.32 Å². The maximum absolute atomic E-state index is 3.62. The first-order valence-corrected chi connectivity index (χ1v) is 7.90. The molecule has 2 atom stereocenters. The van der Waals surface area contributed by atoms with E-state index < -0.39 is 0 Å². The Balaban J connectivity index is 2.29. The largest absolute Gasteiger partial charge is 0.368 e. The van der Waals surface area contributed by atoms with Gasteiger partial charge in [0, 0.05) is 24.3 Å². The molecule has 1 aliphatic heterocycles. The number of benzene rings is 1. The van der Waals surface area contributed by atoms with Crippen molar-refractivity contribution in [3.63, 3.8) is 0 Å². The maximum atomic E-state index is 3.62. The van der Waals surface area contributed by atoms with Crippen LogP contribution in [0.5, 0.6) is 0 Å². The van der Waals surface area contributed by atoms with Crippen molar-refractivity contribution in [1.29, 1.82) is 0 Å². The first-order valence-electron chi connectivity index (χ1n) is 7.90. The van der Waals surface area contributed by atoms with Crippen molar-refractivity contribution >= 4 is 5.69 Å². The van der Waals surface area contributed by atoms with Crippen LogP contribution in [0.3, 0.4) is 0 Å². The molecule has 2 heteroatoms. The SMILES string of the molecule is CCNC(CC)c1ccccc1N1CCCC1CC. The van der Waals surface area contributed by atoms with Gasteiger partial charge < -0.3 is 10.2 Å². The Labute approximate surface area is 118 Å². The molecule has 0 spiro atoms. The van der Waals surface area contributed by atoms with Crippen LogP contribution in [-0.2, 0) is 0 Å². The summed E-state index contributed by atoms with van der Waals surface area (Å²) in [7, 11) is 0. The standard InChI is InChI=1S/C17H28N2/c1-4-14-10-9-13-19(14)17-12-8-7-11-15(17)16(5-2)18-6-3/h7-8,11-12,14,16,18H,4-6,9-10,13H2,1-3H3. The van der Waals surface area contributed by atoms with Gasteiger partial charge in [0.1, 0.15) is 0 Å². The second-order valence-corrected chi connectivity index (χ2v) is 5.48. The van der Waals surface area contributed by atoms with Gasteiger partial charge in [0.15, 0.2) is 0 Å². The highest BCUT2D eigenvalue weighted by Crippen LogP contribution is 2.33. The Kier molecular flexibility index (Phi) is 5.26. The summed E-state index contributed by atoms with van der Waals surface area (Å²) < 4.78 is 0. The number of nitrogens with zero attached hydrogens (tertiary/aromatic N) is 1. The van der Waals surface area contributed by atoms with Crippen molar-refractivity contribution in [3.05, 3.63) is 29.8 Å². The van der Waals surface area contributed by atoms with Crippen LogP contribution in [0, 0.1) is 0 Å². The third kappa shape index (κ3) is 3.11. The summed E-state index contributed by atoms with van der Waals surface area (Å²) in [4.78, 5) is 2.63. The van der Waals surface area contributed by atoms with Crippen LogP contribution >= 0.6 is 0 Å². The van der Waals surface area contributed by atoms with Crippen LogP contribution in [0.2, 0.25) is 0 Å². The Morgan fingerprint density at radius 1 is 1.26 bits per heavy atom. The summed E-state index contributed by atoms with van der Waals surface area (Å²) in [5.41, 5.74) is 2.94. The average Bonchev–Trinajstić information content (AvgIpc) is 2.93. The van der Waals surface area contributed by atoms with E-state index in [0.717, 1.165) is 19.0 Å². The van der Waals surface area contributed by atoms with Crippen LogP contribution in [0.4, 0.5) is 5.69 Å². The fraction of sp³-hybridized carbons (Fsp3) is 0.647. The second-order valence-electron chi connectivity index (χ2n) is 5.48. The van der Waals surface area contributed by atoms with Crippen LogP contribution in [0.15, 0.2) is 24.3 Å². The Hall–Kier alpha value is -1.02. The van der Waals surface area contributed by atoms with Gasteiger partial charge in [0.2, 0.25) is 0 Å². The minimum absolute atomic E-state index is 0.485. The predicted octanol–water partition coefficient (Wildman–Crippen LogP) is 4.13. The third-order valence-electron chi connectivity index (χ3n) is 4.33. The molecule has 1 saturated heterocycles. The number of hydrogen-bond acceptors (Lipinski definition) is 2. The molecule has 1 aromatic carbocycles. The molecule has 19 heavy (non-hydrogen) atoms. The molecule has 1 N–H and O–H groups in total. The molecule has 1 aliphatic rings. The molecule has 2 nitrogen and oxygen atoms in total. The van der Waals surface area contributed by atoms with E-state index in [0.29, 0.717) is 6.04 Å². The summed E-state index contributed by atoms with van der Waals surface area (Å²) >= 11 is 0. The minimum Gasteiger partial charge on any atom is -0.368 e. The predicted molar refractivity (Wildman–Crippen MR) is 83.8 cm³/mol. The third-order valence-corrected chi connectivity index (χ3v) is 4.33. The fourth-order valence-electron chi connectivity index (χ4n) is 3.34. The summed E-state index contributed by atoms with van der Waals surface area (Å²) in [5, 5.41) is 3.62. The minimum atomic E-state index is 0.485. The highest BCUT2D eigenvalue weighted by molar-refractivity contribution is 5.56. The smallest absolute Gasteiger partial charge is 0.0417 e. The van der Waals surface area contributed by atoms with E-state index >= 15 is 0 Å². The van der Waals surface area contributed by atoms with E-state index in [1.165, 1.54) is 37.1 Å². The zero-order chi connectivity index (χ0) is 13.7. The molecule has 0 bridgehead atoms. The van der Waals surface area contributed by atoms with Gasteiger partial charge in [0.25, 0.3) is 0 Å². The quantitative estimate of drug-likeness (QED) is 0.827. The lowest BCUT2D eigenvalue weighted by Gasteiger charge is -2.30. The van der Waals surface area contributed by atoms with Crippen LogP contribution in [0.25, 0.3) is 0 Å². The zero-order valence-corrected chi connectivity index (χ0v) is 12.7. The molecule has 1 heterocycles. The molecule has 0 aromatic heterocycles. The number of hydrogen-bond donors (Lipinski definition) is 1. The van der Waals surface area contributed by atoms with Gasteiger partial charge in [-0.2, -0.15) is 0 Å². The van der Waals surface area contributed by atoms with Gasteiger partial charge in [-0.15, -0.1) is 0 Å². The highest BCUT2D eigenvalue weighted by atomic mass is 15.2. The number of rotatable bonds is 6. The monoisotopic (exact) mass is 260 g/mol. The second kappa shape index (κ2) is 6.95. The van der Waals surface area contributed by atoms with Crippen molar-refractivity contribution in [2.24, 2.45) is 0 Å². The molecule has 106 valence electrons. The Bertz CT molecular complexity index is 389. The van der Waals surface area contributed by atoms with Gasteiger partial charge in [-0.05, 0) is 43.9 Å². The summed E-state index contributed by atoms with van der Waals surface area (Å²) in [5.74, 6) is 0. The lowest BCUT2D eigenvalue weighted by molar-refractivity contribution is 0.534. The Morgan fingerprint density at radius 2 is 2.05 bits per heavy atom. The van der Waals surface area contributed by atoms with E-state index in [9.17, 15) is 0 Å². The van der Waals surface area contributed by atoms with Crippen LogP contribution in [-0.4, -0.2) is 19.1 Å². The Morgan fingerprint density at radius 3 is 2.74 bits per heavy atom. The summed E-state index contributed by atoms with van der Waals surface area (Å²) in [6.45, 7) is 9.02. The molecule has 0 amide bonds. The van der Waals surface area contributed by atoms with Crippen LogP contribution in [0.1, 0.15) is 58.1 Å². The van der Waals surface area contributed by atoms with Gasteiger partial charge >= 0.3 is 0 Å². The first-order chi connectivity index (χ1) is 9.31. The molecule has 0 radical (unpaired) electrons. The van der Waals surface area contributed by atoms with Gasteiger partial charge in [-0.1, -0.05) is 39.0 Å². The van der Waals surface area contributed by atoms with Crippen molar-refractivity contribution < 1.29 is 0 Å². The van der Waals surface area contributed by atoms with Crippen LogP contribution < -0.4 is 10.2 Å². The van der Waals surface area contributed by atoms with E-state index in [1.54, 1.807) is 0 Å². The summed E-state index contributed by atoms with van der Waals surface area (Å²) in [6, 6.07) is 10.2. The molecule has 0 saturated carbocycles. The van der Waals surface area contributed by atoms with Crippen molar-refractivity contribution in [2.75, 3.05) is 18.0 Å². The molecule has 2 unspecified atom stereocenters. The van der Waals surface area contributed by atoms with E-state index in [4.69, 9.17) is 0 Å². The first kappa shape index (κ1) is 14.4. The average molecular weight is 260 g/mol. The lowest BCUT2D eigenvalue weighted by Crippen LogP contribution is -2.31. The van der Waals surface area contributed by atoms with Crippen molar-refractivity contribution in [2.45, 2.75) is 58.5 Å². The molecular formula is C17H28N2.